The molecule has 0 aromatic heterocycles. The Balaban J connectivity index is 1.99. The zero-order valence-electron chi connectivity index (χ0n) is 15.9. The van der Waals surface area contributed by atoms with Gasteiger partial charge in [0.25, 0.3) is 0 Å². The Hall–Kier alpha value is -2.24. The number of hydrogen-bond donors (Lipinski definition) is 2. The van der Waals surface area contributed by atoms with Gasteiger partial charge in [-0.25, -0.2) is 0 Å². The molecule has 2 N–H and O–H groups in total. The molecule has 150 valence electrons. The molecule has 0 radical (unpaired) electrons. The molecule has 7 heteroatoms. The van der Waals surface area contributed by atoms with E-state index >= 15 is 0 Å². The summed E-state index contributed by atoms with van der Waals surface area (Å²) in [7, 11) is 0. The summed E-state index contributed by atoms with van der Waals surface area (Å²) in [6, 6.07) is 12.6. The molecule has 0 aliphatic carbocycles. The van der Waals surface area contributed by atoms with Crippen molar-refractivity contribution in [2.24, 2.45) is 0 Å². The van der Waals surface area contributed by atoms with Crippen molar-refractivity contribution in [2.45, 2.75) is 39.2 Å². The number of carbonyl (C=O) groups is 2. The number of anilines is 2. The van der Waals surface area contributed by atoms with Crippen LogP contribution in [-0.2, 0) is 20.7 Å². The molecule has 28 heavy (non-hydrogen) atoms. The molecular weight excluding hydrogens is 399 g/mol. The number of rotatable bonds is 9. The number of para-hydroxylation sites is 2. The van der Waals surface area contributed by atoms with Gasteiger partial charge < -0.3 is 15.4 Å². The number of hydrogen-bond acceptors (Lipinski definition) is 4. The maximum atomic E-state index is 12.3. The highest BCUT2D eigenvalue weighted by atomic mass is 35.5. The smallest absolute Gasteiger partial charge is 0.310 e. The molecule has 0 aliphatic rings. The van der Waals surface area contributed by atoms with Gasteiger partial charge in [-0.1, -0.05) is 54.4 Å². The quantitative estimate of drug-likeness (QED) is 0.549. The van der Waals surface area contributed by atoms with Crippen LogP contribution >= 0.6 is 23.2 Å². The molecule has 1 atom stereocenters. The van der Waals surface area contributed by atoms with Gasteiger partial charge in [0.05, 0.1) is 28.7 Å². The van der Waals surface area contributed by atoms with Crippen LogP contribution < -0.4 is 10.6 Å². The first-order valence-electron chi connectivity index (χ1n) is 9.15. The molecule has 0 saturated heterocycles. The van der Waals surface area contributed by atoms with E-state index in [9.17, 15) is 9.59 Å². The van der Waals surface area contributed by atoms with Crippen molar-refractivity contribution in [1.82, 2.24) is 5.32 Å². The van der Waals surface area contributed by atoms with E-state index in [0.717, 1.165) is 17.7 Å². The summed E-state index contributed by atoms with van der Waals surface area (Å²) in [5.74, 6) is -0.423. The molecular formula is C21H24Cl2N2O3. The second-order valence-electron chi connectivity index (χ2n) is 6.41. The maximum Gasteiger partial charge on any atom is 0.310 e. The minimum atomic E-state index is -0.411. The minimum Gasteiger partial charge on any atom is -0.461 e. The van der Waals surface area contributed by atoms with Crippen LogP contribution in [0.1, 0.15) is 32.3 Å². The van der Waals surface area contributed by atoms with Crippen molar-refractivity contribution in [3.05, 3.63) is 58.1 Å². The Kier molecular flexibility index (Phi) is 8.61. The third-order valence-electron chi connectivity index (χ3n) is 3.97. The monoisotopic (exact) mass is 422 g/mol. The lowest BCUT2D eigenvalue weighted by atomic mass is 10.1. The second kappa shape index (κ2) is 10.9. The lowest BCUT2D eigenvalue weighted by Crippen LogP contribution is -2.33. The van der Waals surface area contributed by atoms with E-state index in [1.807, 2.05) is 31.2 Å². The van der Waals surface area contributed by atoms with Gasteiger partial charge in [-0.3, -0.25) is 9.59 Å². The first-order valence-corrected chi connectivity index (χ1v) is 9.91. The summed E-state index contributed by atoms with van der Waals surface area (Å²) in [6.07, 6.45) is 0.911. The first kappa shape index (κ1) is 22.1. The van der Waals surface area contributed by atoms with Gasteiger partial charge >= 0.3 is 5.97 Å². The second-order valence-corrected chi connectivity index (χ2v) is 7.22. The fourth-order valence-corrected chi connectivity index (χ4v) is 3.08. The Morgan fingerprint density at radius 3 is 2.43 bits per heavy atom. The fraction of sp³-hybridized carbons (Fsp3) is 0.333. The topological polar surface area (TPSA) is 67.4 Å². The summed E-state index contributed by atoms with van der Waals surface area (Å²) in [4.78, 5) is 23.8. The highest BCUT2D eigenvalue weighted by molar-refractivity contribution is 6.39. The van der Waals surface area contributed by atoms with E-state index in [1.165, 1.54) is 0 Å². The Bertz CT molecular complexity index is 807. The van der Waals surface area contributed by atoms with Crippen molar-refractivity contribution in [3.8, 4) is 0 Å². The lowest BCUT2D eigenvalue weighted by Gasteiger charge is -2.16. The average molecular weight is 423 g/mol. The number of halogens is 2. The zero-order chi connectivity index (χ0) is 20.5. The molecule has 5 nitrogen and oxygen atoms in total. The molecule has 0 bridgehead atoms. The molecule has 2 rings (SSSR count). The molecule has 2 aromatic rings. The molecule has 0 saturated carbocycles. The van der Waals surface area contributed by atoms with Crippen molar-refractivity contribution in [3.63, 3.8) is 0 Å². The number of esters is 1. The van der Waals surface area contributed by atoms with Gasteiger partial charge in [0.2, 0.25) is 5.91 Å². The third kappa shape index (κ3) is 6.73. The molecule has 1 amide bonds. The molecule has 0 spiro atoms. The van der Waals surface area contributed by atoms with Crippen LogP contribution in [0.2, 0.25) is 10.0 Å². The predicted molar refractivity (Wildman–Crippen MR) is 113 cm³/mol. The van der Waals surface area contributed by atoms with E-state index in [-0.39, 0.29) is 18.3 Å². The van der Waals surface area contributed by atoms with Crippen LogP contribution in [0.25, 0.3) is 0 Å². The molecule has 1 unspecified atom stereocenters. The van der Waals surface area contributed by atoms with E-state index in [1.54, 1.807) is 25.1 Å². The molecule has 0 aliphatic heterocycles. The van der Waals surface area contributed by atoms with Gasteiger partial charge in [0, 0.05) is 12.1 Å². The molecule has 2 aromatic carbocycles. The van der Waals surface area contributed by atoms with Crippen molar-refractivity contribution in [1.29, 1.82) is 0 Å². The Labute approximate surface area is 175 Å². The van der Waals surface area contributed by atoms with E-state index in [0.29, 0.717) is 28.7 Å². The van der Waals surface area contributed by atoms with Crippen molar-refractivity contribution in [2.75, 3.05) is 11.9 Å². The van der Waals surface area contributed by atoms with Crippen LogP contribution in [0, 0.1) is 0 Å². The summed E-state index contributed by atoms with van der Waals surface area (Å²) < 4.78 is 5.40. The number of nitrogens with one attached hydrogen (secondary N) is 2. The minimum absolute atomic E-state index is 0.0448. The zero-order valence-corrected chi connectivity index (χ0v) is 17.4. The van der Waals surface area contributed by atoms with Crippen molar-refractivity contribution < 1.29 is 14.3 Å². The van der Waals surface area contributed by atoms with Crippen LogP contribution in [-0.4, -0.2) is 24.5 Å². The third-order valence-corrected chi connectivity index (χ3v) is 4.60. The predicted octanol–water partition coefficient (Wildman–Crippen LogP) is 5.13. The van der Waals surface area contributed by atoms with Gasteiger partial charge in [0.1, 0.15) is 6.10 Å². The number of carbonyl (C=O) groups excluding carboxylic acids is 2. The van der Waals surface area contributed by atoms with Crippen LogP contribution in [0.4, 0.5) is 11.4 Å². The largest absolute Gasteiger partial charge is 0.461 e. The van der Waals surface area contributed by atoms with Crippen LogP contribution in [0.5, 0.6) is 0 Å². The Morgan fingerprint density at radius 1 is 1.07 bits per heavy atom. The first-order chi connectivity index (χ1) is 13.4. The number of amides is 1. The standard InChI is InChI=1S/C21H24Cl2N2O3/c1-3-7-19(26)24-13-14(2)28-20(27)12-15-8-4-5-11-18(15)25-21-16(22)9-6-10-17(21)23/h4-6,8-11,14,25H,3,7,12-13H2,1-2H3,(H,24,26). The average Bonchev–Trinajstić information content (AvgIpc) is 2.64. The van der Waals surface area contributed by atoms with E-state index in [2.05, 4.69) is 10.6 Å². The summed E-state index contributed by atoms with van der Waals surface area (Å²) in [5, 5.41) is 6.92. The maximum absolute atomic E-state index is 12.3. The molecule has 0 fully saturated rings. The summed E-state index contributed by atoms with van der Waals surface area (Å²) in [6.45, 7) is 3.97. The van der Waals surface area contributed by atoms with E-state index < -0.39 is 6.10 Å². The number of ether oxygens (including phenoxy) is 1. The van der Waals surface area contributed by atoms with Gasteiger partial charge in [-0.2, -0.15) is 0 Å². The van der Waals surface area contributed by atoms with Gasteiger partial charge in [0.15, 0.2) is 0 Å². The van der Waals surface area contributed by atoms with Crippen molar-refractivity contribution >= 4 is 46.5 Å². The van der Waals surface area contributed by atoms with Gasteiger partial charge in [-0.05, 0) is 37.1 Å². The summed E-state index contributed by atoms with van der Waals surface area (Å²) >= 11 is 12.4. The lowest BCUT2D eigenvalue weighted by molar-refractivity contribution is -0.147. The van der Waals surface area contributed by atoms with Gasteiger partial charge in [-0.15, -0.1) is 0 Å². The number of benzene rings is 2. The highest BCUT2D eigenvalue weighted by Crippen LogP contribution is 2.33. The summed E-state index contributed by atoms with van der Waals surface area (Å²) in [5.41, 5.74) is 2.06. The molecule has 0 heterocycles. The fourth-order valence-electron chi connectivity index (χ4n) is 2.58. The van der Waals surface area contributed by atoms with Crippen LogP contribution in [0.15, 0.2) is 42.5 Å². The SMILES string of the molecule is CCCC(=O)NCC(C)OC(=O)Cc1ccccc1Nc1c(Cl)cccc1Cl. The Morgan fingerprint density at radius 2 is 1.75 bits per heavy atom. The highest BCUT2D eigenvalue weighted by Gasteiger charge is 2.15. The van der Waals surface area contributed by atoms with E-state index in [4.69, 9.17) is 27.9 Å². The van der Waals surface area contributed by atoms with Crippen LogP contribution in [0.3, 0.4) is 0 Å². The normalized spacial score (nSPS) is 11.6.